The van der Waals surface area contributed by atoms with Gasteiger partial charge >= 0.3 is 5.97 Å². The molecule has 2 nitrogen and oxygen atoms in total. The molecular formula is C16H20O2. The van der Waals surface area contributed by atoms with E-state index in [0.717, 1.165) is 31.2 Å². The van der Waals surface area contributed by atoms with Crippen LogP contribution in [-0.4, -0.2) is 5.97 Å². The monoisotopic (exact) mass is 244 g/mol. The molecule has 0 amide bonds. The van der Waals surface area contributed by atoms with Crippen molar-refractivity contribution in [2.45, 2.75) is 44.9 Å². The topological polar surface area (TPSA) is 26.3 Å². The molecule has 0 spiro atoms. The fourth-order valence-corrected chi connectivity index (χ4v) is 2.16. The third-order valence-electron chi connectivity index (χ3n) is 3.20. The highest BCUT2D eigenvalue weighted by molar-refractivity contribution is 5.72. The summed E-state index contributed by atoms with van der Waals surface area (Å²) in [6.07, 6.45) is 11.4. The molecule has 0 aromatic heterocycles. The molecule has 0 radical (unpaired) electrons. The van der Waals surface area contributed by atoms with E-state index in [2.05, 4.69) is 12.2 Å². The normalized spacial score (nSPS) is 17.9. The summed E-state index contributed by atoms with van der Waals surface area (Å²) in [6.45, 7) is 0. The van der Waals surface area contributed by atoms with E-state index in [1.807, 2.05) is 24.3 Å². The van der Waals surface area contributed by atoms with Crippen molar-refractivity contribution >= 4 is 5.97 Å². The first-order chi connectivity index (χ1) is 8.86. The lowest BCUT2D eigenvalue weighted by Gasteiger charge is -2.08. The van der Waals surface area contributed by atoms with E-state index in [-0.39, 0.29) is 5.97 Å². The van der Waals surface area contributed by atoms with Crippen molar-refractivity contribution < 1.29 is 9.53 Å². The van der Waals surface area contributed by atoms with Crippen LogP contribution in [0.5, 0.6) is 5.75 Å². The van der Waals surface area contributed by atoms with Crippen LogP contribution in [0.4, 0.5) is 0 Å². The van der Waals surface area contributed by atoms with Gasteiger partial charge in [0.25, 0.3) is 0 Å². The molecule has 0 N–H and O–H groups in total. The second-order valence-corrected chi connectivity index (χ2v) is 4.71. The molecule has 1 aromatic rings. The number of fused-ring (bicyclic) bond motifs is 1. The number of benzene rings is 1. The maximum absolute atomic E-state index is 11.7. The lowest BCUT2D eigenvalue weighted by Crippen LogP contribution is -2.08. The van der Waals surface area contributed by atoms with E-state index in [9.17, 15) is 4.79 Å². The quantitative estimate of drug-likeness (QED) is 0.391. The van der Waals surface area contributed by atoms with Crippen LogP contribution in [0.3, 0.4) is 0 Å². The maximum atomic E-state index is 11.7. The van der Waals surface area contributed by atoms with E-state index in [1.54, 1.807) is 0 Å². The van der Waals surface area contributed by atoms with E-state index in [4.69, 9.17) is 4.74 Å². The molecule has 0 saturated heterocycles. The summed E-state index contributed by atoms with van der Waals surface area (Å²) >= 11 is 0. The Morgan fingerprint density at radius 2 is 1.78 bits per heavy atom. The number of carbonyl (C=O) groups excluding carboxylic acids is 1. The molecule has 0 atom stereocenters. The van der Waals surface area contributed by atoms with Gasteiger partial charge < -0.3 is 4.74 Å². The van der Waals surface area contributed by atoms with Crippen molar-refractivity contribution in [2.75, 3.05) is 0 Å². The zero-order chi connectivity index (χ0) is 12.6. The first-order valence-corrected chi connectivity index (χ1v) is 6.80. The van der Waals surface area contributed by atoms with Crippen molar-refractivity contribution in [3.63, 3.8) is 0 Å². The molecular weight excluding hydrogens is 224 g/mol. The summed E-state index contributed by atoms with van der Waals surface area (Å²) in [6, 6.07) is 7.79. The SMILES string of the molecule is O=C1CCCCCCC=CCc2ccccc2O1. The van der Waals surface area contributed by atoms with Crippen LogP contribution in [0.1, 0.15) is 44.1 Å². The van der Waals surface area contributed by atoms with Gasteiger partial charge in [-0.15, -0.1) is 0 Å². The maximum Gasteiger partial charge on any atom is 0.311 e. The highest BCUT2D eigenvalue weighted by Gasteiger charge is 2.08. The lowest BCUT2D eigenvalue weighted by molar-refractivity contribution is -0.134. The smallest absolute Gasteiger partial charge is 0.311 e. The van der Waals surface area contributed by atoms with Crippen LogP contribution >= 0.6 is 0 Å². The molecule has 0 bridgehead atoms. The van der Waals surface area contributed by atoms with Gasteiger partial charge in [0, 0.05) is 6.42 Å². The average Bonchev–Trinajstić information content (AvgIpc) is 2.39. The first-order valence-electron chi connectivity index (χ1n) is 6.80. The summed E-state index contributed by atoms with van der Waals surface area (Å²) in [4.78, 5) is 11.7. The van der Waals surface area contributed by atoms with Crippen LogP contribution in [0, 0.1) is 0 Å². The van der Waals surface area contributed by atoms with Crippen molar-refractivity contribution in [2.24, 2.45) is 0 Å². The summed E-state index contributed by atoms with van der Waals surface area (Å²) in [5.74, 6) is 0.608. The summed E-state index contributed by atoms with van der Waals surface area (Å²) in [5, 5.41) is 0. The molecule has 0 aliphatic carbocycles. The fourth-order valence-electron chi connectivity index (χ4n) is 2.16. The van der Waals surface area contributed by atoms with E-state index < -0.39 is 0 Å². The molecule has 0 saturated carbocycles. The predicted molar refractivity (Wildman–Crippen MR) is 72.6 cm³/mol. The Balaban J connectivity index is 2.11. The third-order valence-corrected chi connectivity index (χ3v) is 3.20. The van der Waals surface area contributed by atoms with Gasteiger partial charge in [0.1, 0.15) is 5.75 Å². The molecule has 1 aliphatic heterocycles. The second kappa shape index (κ2) is 7.00. The number of allylic oxidation sites excluding steroid dienone is 2. The zero-order valence-electron chi connectivity index (χ0n) is 10.7. The van der Waals surface area contributed by atoms with Crippen LogP contribution in [-0.2, 0) is 11.2 Å². The van der Waals surface area contributed by atoms with Gasteiger partial charge in [-0.05, 0) is 37.3 Å². The third kappa shape index (κ3) is 4.02. The number of para-hydroxylation sites is 1. The van der Waals surface area contributed by atoms with Crippen LogP contribution in [0.15, 0.2) is 36.4 Å². The Morgan fingerprint density at radius 1 is 0.944 bits per heavy atom. The molecule has 1 aromatic carbocycles. The zero-order valence-corrected chi connectivity index (χ0v) is 10.7. The Morgan fingerprint density at radius 3 is 2.72 bits per heavy atom. The van der Waals surface area contributed by atoms with Crippen molar-refractivity contribution in [3.05, 3.63) is 42.0 Å². The minimum atomic E-state index is -0.106. The summed E-state index contributed by atoms with van der Waals surface area (Å²) < 4.78 is 5.44. The number of hydrogen-bond donors (Lipinski definition) is 0. The van der Waals surface area contributed by atoms with Gasteiger partial charge in [0.05, 0.1) is 0 Å². The predicted octanol–water partition coefficient (Wildman–Crippen LogP) is 4.04. The van der Waals surface area contributed by atoms with Gasteiger partial charge in [-0.3, -0.25) is 4.79 Å². The van der Waals surface area contributed by atoms with Crippen LogP contribution < -0.4 is 4.74 Å². The number of hydrogen-bond acceptors (Lipinski definition) is 2. The molecule has 18 heavy (non-hydrogen) atoms. The Bertz CT molecular complexity index is 421. The highest BCUT2D eigenvalue weighted by Crippen LogP contribution is 2.20. The minimum Gasteiger partial charge on any atom is -0.426 e. The average molecular weight is 244 g/mol. The number of rotatable bonds is 0. The largest absolute Gasteiger partial charge is 0.426 e. The van der Waals surface area contributed by atoms with Crippen molar-refractivity contribution in [1.29, 1.82) is 0 Å². The first kappa shape index (κ1) is 12.9. The van der Waals surface area contributed by atoms with Gasteiger partial charge in [0.15, 0.2) is 0 Å². The number of esters is 1. The molecule has 0 unspecified atom stereocenters. The standard InChI is InChI=1S/C16H20O2/c17-16-13-7-5-3-1-2-4-6-10-14-11-8-9-12-15(14)18-16/h4,6,8-9,11-12H,1-3,5,7,10,13H2. The Kier molecular flexibility index (Phi) is 5.00. The van der Waals surface area contributed by atoms with E-state index >= 15 is 0 Å². The van der Waals surface area contributed by atoms with E-state index in [0.29, 0.717) is 12.2 Å². The van der Waals surface area contributed by atoms with E-state index in [1.165, 1.54) is 12.8 Å². The van der Waals surface area contributed by atoms with Gasteiger partial charge in [0.2, 0.25) is 0 Å². The minimum absolute atomic E-state index is 0.106. The molecule has 1 aliphatic rings. The van der Waals surface area contributed by atoms with Crippen LogP contribution in [0.25, 0.3) is 0 Å². The fraction of sp³-hybridized carbons (Fsp3) is 0.438. The summed E-state index contributed by atoms with van der Waals surface area (Å²) in [7, 11) is 0. The van der Waals surface area contributed by atoms with Gasteiger partial charge in [-0.25, -0.2) is 0 Å². The molecule has 96 valence electrons. The van der Waals surface area contributed by atoms with Crippen molar-refractivity contribution in [3.8, 4) is 5.75 Å². The molecule has 2 heteroatoms. The van der Waals surface area contributed by atoms with Gasteiger partial charge in [-0.1, -0.05) is 43.2 Å². The number of carbonyl (C=O) groups is 1. The Hall–Kier alpha value is -1.57. The summed E-state index contributed by atoms with van der Waals surface area (Å²) in [5.41, 5.74) is 1.08. The van der Waals surface area contributed by atoms with Crippen molar-refractivity contribution in [1.82, 2.24) is 0 Å². The molecule has 0 fully saturated rings. The highest BCUT2D eigenvalue weighted by atomic mass is 16.5. The number of ether oxygens (including phenoxy) is 1. The molecule has 2 rings (SSSR count). The van der Waals surface area contributed by atoms with Crippen LogP contribution in [0.2, 0.25) is 0 Å². The molecule has 1 heterocycles. The second-order valence-electron chi connectivity index (χ2n) is 4.71. The lowest BCUT2D eigenvalue weighted by atomic mass is 10.1. The van der Waals surface area contributed by atoms with Gasteiger partial charge in [-0.2, -0.15) is 0 Å². The Labute approximate surface area is 109 Å².